The van der Waals surface area contributed by atoms with Crippen molar-refractivity contribution in [3.63, 3.8) is 0 Å². The summed E-state index contributed by atoms with van der Waals surface area (Å²) >= 11 is 18.9. The molecule has 152 valence electrons. The number of carbonyl (C=O) groups excluding carboxylic acids is 1. The van der Waals surface area contributed by atoms with Crippen molar-refractivity contribution in [1.29, 1.82) is 0 Å². The van der Waals surface area contributed by atoms with Gasteiger partial charge in [0.1, 0.15) is 11.1 Å². The van der Waals surface area contributed by atoms with Crippen LogP contribution in [0.25, 0.3) is 33.0 Å². The number of rotatable bonds is 4. The van der Waals surface area contributed by atoms with Crippen LogP contribution in [0.4, 0.5) is 4.39 Å². The van der Waals surface area contributed by atoms with Crippen LogP contribution in [-0.2, 0) is 4.74 Å². The molecule has 3 aromatic rings. The molecule has 30 heavy (non-hydrogen) atoms. The predicted octanol–water partition coefficient (Wildman–Crippen LogP) is 7.38. The number of hydrogen-bond donors (Lipinski definition) is 0. The van der Waals surface area contributed by atoms with Crippen LogP contribution in [0.2, 0.25) is 15.1 Å². The Hall–Kier alpha value is -2.65. The van der Waals surface area contributed by atoms with Gasteiger partial charge in [-0.2, -0.15) is 0 Å². The lowest BCUT2D eigenvalue weighted by molar-refractivity contribution is 0.0525. The number of aromatic nitrogens is 1. The van der Waals surface area contributed by atoms with Crippen LogP contribution in [0.1, 0.15) is 28.5 Å². The molecule has 0 saturated heterocycles. The second-order valence-corrected chi connectivity index (χ2v) is 7.37. The third-order valence-electron chi connectivity index (χ3n) is 4.40. The number of pyridine rings is 1. The number of carbonyl (C=O) groups is 1. The van der Waals surface area contributed by atoms with Crippen molar-refractivity contribution in [2.75, 3.05) is 6.61 Å². The van der Waals surface area contributed by atoms with E-state index in [1.165, 1.54) is 12.3 Å². The zero-order chi connectivity index (χ0) is 22.0. The van der Waals surface area contributed by atoms with Gasteiger partial charge < -0.3 is 4.74 Å². The molecule has 0 saturated carbocycles. The fourth-order valence-electron chi connectivity index (χ4n) is 3.11. The summed E-state index contributed by atoms with van der Waals surface area (Å²) in [5, 5.41) is 0.667. The molecule has 1 heterocycles. The SMILES string of the molecule is [C-]#[N+]/C=C/c1cc2c(Cl)c(C(=O)OCC)c(C)nc2c(F)c1-c1cccc(Cl)c1Cl. The smallest absolute Gasteiger partial charge is 0.341 e. The van der Waals surface area contributed by atoms with Gasteiger partial charge in [0.25, 0.3) is 0 Å². The summed E-state index contributed by atoms with van der Waals surface area (Å²) in [6.45, 7) is 10.4. The van der Waals surface area contributed by atoms with Gasteiger partial charge in [0.05, 0.1) is 33.9 Å². The van der Waals surface area contributed by atoms with Crippen molar-refractivity contribution in [2.45, 2.75) is 13.8 Å². The number of ether oxygens (including phenoxy) is 1. The number of aryl methyl sites for hydroxylation is 1. The van der Waals surface area contributed by atoms with Crippen molar-refractivity contribution in [3.05, 3.63) is 79.6 Å². The number of fused-ring (bicyclic) bond motifs is 1. The number of esters is 1. The molecule has 0 aliphatic rings. The van der Waals surface area contributed by atoms with E-state index in [1.54, 1.807) is 38.1 Å². The van der Waals surface area contributed by atoms with Gasteiger partial charge >= 0.3 is 5.97 Å². The molecule has 0 bridgehead atoms. The molecule has 3 rings (SSSR count). The average Bonchev–Trinajstić information content (AvgIpc) is 2.70. The topological polar surface area (TPSA) is 43.5 Å². The first kappa shape index (κ1) is 22.0. The normalized spacial score (nSPS) is 11.1. The lowest BCUT2D eigenvalue weighted by Gasteiger charge is -2.16. The Balaban J connectivity index is 2.44. The molecular formula is C22H14Cl3FN2O2. The van der Waals surface area contributed by atoms with Gasteiger partial charge in [0, 0.05) is 16.5 Å². The minimum absolute atomic E-state index is 0.0241. The summed E-state index contributed by atoms with van der Waals surface area (Å²) in [6.07, 6.45) is 2.62. The van der Waals surface area contributed by atoms with Crippen LogP contribution in [0, 0.1) is 19.3 Å². The Labute approximate surface area is 187 Å². The Morgan fingerprint density at radius 3 is 2.70 bits per heavy atom. The standard InChI is InChI=1S/C22H14Cl3FN2O2/c1-4-30-22(29)16-11(2)28-21-14(19(16)25)10-12(8-9-27-3)17(20(21)26)13-6-5-7-15(23)18(13)24/h5-10H,4H2,1-2H3/b9-8+. The molecule has 0 fully saturated rings. The highest BCUT2D eigenvalue weighted by molar-refractivity contribution is 6.44. The highest BCUT2D eigenvalue weighted by Crippen LogP contribution is 2.41. The summed E-state index contributed by atoms with van der Waals surface area (Å²) < 4.78 is 20.8. The Bertz CT molecular complexity index is 1250. The van der Waals surface area contributed by atoms with E-state index >= 15 is 4.39 Å². The molecule has 0 aliphatic carbocycles. The molecule has 8 heteroatoms. The second-order valence-electron chi connectivity index (χ2n) is 6.20. The van der Waals surface area contributed by atoms with E-state index in [9.17, 15) is 4.79 Å². The fourth-order valence-corrected chi connectivity index (χ4v) is 3.87. The van der Waals surface area contributed by atoms with Gasteiger partial charge in [-0.15, -0.1) is 0 Å². The van der Waals surface area contributed by atoms with Crippen LogP contribution in [0.15, 0.2) is 30.5 Å². The molecule has 0 spiro atoms. The van der Waals surface area contributed by atoms with Crippen LogP contribution >= 0.6 is 34.8 Å². The largest absolute Gasteiger partial charge is 0.462 e. The number of benzene rings is 2. The minimum Gasteiger partial charge on any atom is -0.462 e. The van der Waals surface area contributed by atoms with Gasteiger partial charge in [-0.1, -0.05) is 53.0 Å². The Morgan fingerprint density at radius 1 is 1.30 bits per heavy atom. The number of halogens is 4. The van der Waals surface area contributed by atoms with Crippen LogP contribution < -0.4 is 0 Å². The first-order valence-corrected chi connectivity index (χ1v) is 9.92. The van der Waals surface area contributed by atoms with Crippen LogP contribution in [0.5, 0.6) is 0 Å². The van der Waals surface area contributed by atoms with Crippen molar-refractivity contribution in [2.24, 2.45) is 0 Å². The Kier molecular flexibility index (Phi) is 6.62. The molecule has 0 radical (unpaired) electrons. The van der Waals surface area contributed by atoms with Gasteiger partial charge in [-0.25, -0.2) is 19.0 Å². The molecule has 0 unspecified atom stereocenters. The lowest BCUT2D eigenvalue weighted by atomic mass is 9.95. The minimum atomic E-state index is -0.693. The summed E-state index contributed by atoms with van der Waals surface area (Å²) in [5.41, 5.74) is 1.08. The molecule has 4 nitrogen and oxygen atoms in total. The zero-order valence-corrected chi connectivity index (χ0v) is 18.2. The second kappa shape index (κ2) is 9.01. The third-order valence-corrected chi connectivity index (χ3v) is 5.61. The van der Waals surface area contributed by atoms with Crippen molar-refractivity contribution < 1.29 is 13.9 Å². The predicted molar refractivity (Wildman–Crippen MR) is 118 cm³/mol. The van der Waals surface area contributed by atoms with E-state index in [2.05, 4.69) is 9.83 Å². The first-order valence-electron chi connectivity index (χ1n) is 8.78. The first-order chi connectivity index (χ1) is 14.3. The van der Waals surface area contributed by atoms with Gasteiger partial charge in [-0.3, -0.25) is 0 Å². The van der Waals surface area contributed by atoms with E-state index < -0.39 is 11.8 Å². The lowest BCUT2D eigenvalue weighted by Crippen LogP contribution is -2.10. The molecule has 0 amide bonds. The summed E-state index contributed by atoms with van der Waals surface area (Å²) in [6, 6.07) is 6.41. The van der Waals surface area contributed by atoms with Crippen LogP contribution in [-0.4, -0.2) is 17.6 Å². The zero-order valence-electron chi connectivity index (χ0n) is 15.9. The maximum atomic E-state index is 15.7. The molecular weight excluding hydrogens is 450 g/mol. The molecule has 1 aromatic heterocycles. The summed E-state index contributed by atoms with van der Waals surface area (Å²) in [7, 11) is 0. The number of hydrogen-bond acceptors (Lipinski definition) is 3. The monoisotopic (exact) mass is 462 g/mol. The van der Waals surface area contributed by atoms with Crippen molar-refractivity contribution >= 4 is 57.8 Å². The Morgan fingerprint density at radius 2 is 2.03 bits per heavy atom. The molecule has 0 atom stereocenters. The highest BCUT2D eigenvalue weighted by Gasteiger charge is 2.24. The molecule has 0 N–H and O–H groups in total. The quantitative estimate of drug-likeness (QED) is 0.299. The maximum Gasteiger partial charge on any atom is 0.341 e. The third kappa shape index (κ3) is 3.87. The highest BCUT2D eigenvalue weighted by atomic mass is 35.5. The van der Waals surface area contributed by atoms with E-state index in [0.29, 0.717) is 11.1 Å². The maximum absolute atomic E-state index is 15.7. The average molecular weight is 464 g/mol. The van der Waals surface area contributed by atoms with E-state index in [-0.39, 0.29) is 49.4 Å². The summed E-state index contributed by atoms with van der Waals surface area (Å²) in [5.74, 6) is -1.34. The fraction of sp³-hybridized carbons (Fsp3) is 0.136. The van der Waals surface area contributed by atoms with Crippen molar-refractivity contribution in [3.8, 4) is 11.1 Å². The van der Waals surface area contributed by atoms with Gasteiger partial charge in [-0.05, 0) is 31.5 Å². The van der Waals surface area contributed by atoms with E-state index in [4.69, 9.17) is 46.1 Å². The van der Waals surface area contributed by atoms with Gasteiger partial charge in [0.15, 0.2) is 12.0 Å². The van der Waals surface area contributed by atoms with Crippen molar-refractivity contribution in [1.82, 2.24) is 4.98 Å². The van der Waals surface area contributed by atoms with Gasteiger partial charge in [0.2, 0.25) is 0 Å². The van der Waals surface area contributed by atoms with E-state index in [0.717, 1.165) is 0 Å². The molecule has 2 aromatic carbocycles. The number of nitrogens with zero attached hydrogens (tertiary/aromatic N) is 2. The van der Waals surface area contributed by atoms with Crippen LogP contribution in [0.3, 0.4) is 0 Å². The molecule has 0 aliphatic heterocycles. The van der Waals surface area contributed by atoms with E-state index in [1.807, 2.05) is 0 Å². The summed E-state index contributed by atoms with van der Waals surface area (Å²) in [4.78, 5) is 19.8.